The first kappa shape index (κ1) is 9.83. The lowest BCUT2D eigenvalue weighted by molar-refractivity contribution is -0.116. The zero-order chi connectivity index (χ0) is 11.0. The predicted molar refractivity (Wildman–Crippen MR) is 64.2 cm³/mol. The molecule has 0 aromatic heterocycles. The number of allylic oxidation sites excluding steroid dienone is 2. The smallest absolute Gasteiger partial charge is 0.162 e. The Morgan fingerprint density at radius 2 is 2.00 bits per heavy atom. The fourth-order valence-electron chi connectivity index (χ4n) is 2.69. The molecule has 2 aliphatic rings. The van der Waals surface area contributed by atoms with Gasteiger partial charge < -0.3 is 0 Å². The average molecular weight is 212 g/mol. The van der Waals surface area contributed by atoms with Gasteiger partial charge in [-0.05, 0) is 42.7 Å². The fraction of sp³-hybridized carbons (Fsp3) is 0.400. The van der Waals surface area contributed by atoms with Gasteiger partial charge in [0.25, 0.3) is 0 Å². The van der Waals surface area contributed by atoms with Crippen LogP contribution >= 0.6 is 0 Å². The quantitative estimate of drug-likeness (QED) is 0.749. The third-order valence-corrected chi connectivity index (χ3v) is 3.71. The number of carbonyl (C=O) groups excluding carboxylic acids is 1. The Morgan fingerprint density at radius 3 is 2.69 bits per heavy atom. The summed E-state index contributed by atoms with van der Waals surface area (Å²) in [5.74, 6) is 1.20. The van der Waals surface area contributed by atoms with E-state index < -0.39 is 0 Å². The molecule has 1 saturated carbocycles. The Hall–Kier alpha value is -1.37. The van der Waals surface area contributed by atoms with Gasteiger partial charge in [-0.2, -0.15) is 0 Å². The van der Waals surface area contributed by atoms with Crippen molar-refractivity contribution in [3.63, 3.8) is 0 Å². The summed E-state index contributed by atoms with van der Waals surface area (Å²) in [6.45, 7) is 0. The van der Waals surface area contributed by atoms with Crippen LogP contribution < -0.4 is 0 Å². The summed E-state index contributed by atoms with van der Waals surface area (Å²) in [6.07, 6.45) is 6.48. The molecule has 0 amide bonds. The van der Waals surface area contributed by atoms with E-state index in [1.165, 1.54) is 12.0 Å². The van der Waals surface area contributed by atoms with E-state index in [-0.39, 0.29) is 5.92 Å². The van der Waals surface area contributed by atoms with Crippen LogP contribution in [0.3, 0.4) is 0 Å². The highest BCUT2D eigenvalue weighted by Crippen LogP contribution is 2.49. The monoisotopic (exact) mass is 212 g/mol. The van der Waals surface area contributed by atoms with Gasteiger partial charge in [0.15, 0.2) is 5.78 Å². The molecule has 0 heterocycles. The number of Topliss-reactive ketones (excluding diaryl/α,β-unsaturated/α-hetero) is 1. The number of carbonyl (C=O) groups is 1. The molecule has 1 heteroatoms. The van der Waals surface area contributed by atoms with Crippen LogP contribution in [0.15, 0.2) is 42.0 Å². The maximum atomic E-state index is 12.1. The van der Waals surface area contributed by atoms with Gasteiger partial charge in [0.05, 0.1) is 0 Å². The second kappa shape index (κ2) is 3.89. The highest BCUT2D eigenvalue weighted by Gasteiger charge is 2.44. The summed E-state index contributed by atoms with van der Waals surface area (Å²) >= 11 is 0. The molecule has 1 aromatic rings. The lowest BCUT2D eigenvalue weighted by atomic mass is 10.0. The van der Waals surface area contributed by atoms with Crippen LogP contribution in [-0.4, -0.2) is 5.78 Å². The van der Waals surface area contributed by atoms with Gasteiger partial charge in [0, 0.05) is 5.92 Å². The minimum Gasteiger partial charge on any atom is -0.294 e. The van der Waals surface area contributed by atoms with E-state index in [1.54, 1.807) is 0 Å². The van der Waals surface area contributed by atoms with Gasteiger partial charge in [-0.3, -0.25) is 4.79 Å². The normalized spacial score (nSPS) is 27.6. The molecule has 2 aliphatic carbocycles. The number of hydrogen-bond acceptors (Lipinski definition) is 1. The molecule has 0 saturated heterocycles. The Labute approximate surface area is 96.2 Å². The van der Waals surface area contributed by atoms with Crippen molar-refractivity contribution in [3.8, 4) is 0 Å². The highest BCUT2D eigenvalue weighted by atomic mass is 16.1. The Morgan fingerprint density at radius 1 is 1.19 bits per heavy atom. The third kappa shape index (κ3) is 1.71. The summed E-state index contributed by atoms with van der Waals surface area (Å²) in [6, 6.07) is 10.4. The lowest BCUT2D eigenvalue weighted by Crippen LogP contribution is -2.04. The molecule has 2 unspecified atom stereocenters. The molecule has 1 fully saturated rings. The number of hydrogen-bond donors (Lipinski definition) is 0. The summed E-state index contributed by atoms with van der Waals surface area (Å²) < 4.78 is 0. The number of benzene rings is 1. The number of ketones is 1. The van der Waals surface area contributed by atoms with Crippen molar-refractivity contribution < 1.29 is 4.79 Å². The summed E-state index contributed by atoms with van der Waals surface area (Å²) in [5, 5.41) is 0. The second-order valence-corrected chi connectivity index (χ2v) is 4.85. The van der Waals surface area contributed by atoms with Crippen LogP contribution in [0.2, 0.25) is 0 Å². The van der Waals surface area contributed by atoms with Crippen molar-refractivity contribution in [3.05, 3.63) is 47.5 Å². The topological polar surface area (TPSA) is 17.1 Å². The van der Waals surface area contributed by atoms with Crippen molar-refractivity contribution in [2.45, 2.75) is 31.6 Å². The minimum atomic E-state index is 0.284. The van der Waals surface area contributed by atoms with Crippen LogP contribution in [0.4, 0.5) is 0 Å². The zero-order valence-corrected chi connectivity index (χ0v) is 9.36. The lowest BCUT2D eigenvalue weighted by Gasteiger charge is -2.01. The van der Waals surface area contributed by atoms with Crippen LogP contribution in [0.5, 0.6) is 0 Å². The molecule has 0 N–H and O–H groups in total. The van der Waals surface area contributed by atoms with Crippen LogP contribution in [0.25, 0.3) is 0 Å². The maximum Gasteiger partial charge on any atom is 0.162 e. The van der Waals surface area contributed by atoms with Gasteiger partial charge in [0.2, 0.25) is 0 Å². The Balaban J connectivity index is 1.70. The van der Waals surface area contributed by atoms with E-state index in [0.29, 0.717) is 11.7 Å². The molecule has 1 aromatic carbocycles. The van der Waals surface area contributed by atoms with Crippen LogP contribution in [0, 0.1) is 5.92 Å². The van der Waals surface area contributed by atoms with Crippen LogP contribution in [-0.2, 0) is 4.79 Å². The van der Waals surface area contributed by atoms with E-state index in [0.717, 1.165) is 24.8 Å². The van der Waals surface area contributed by atoms with Crippen LogP contribution in [0.1, 0.15) is 37.2 Å². The molecule has 1 nitrogen and oxygen atoms in total. The minimum absolute atomic E-state index is 0.284. The van der Waals surface area contributed by atoms with E-state index in [4.69, 9.17) is 0 Å². The predicted octanol–water partition coefficient (Wildman–Crippen LogP) is 3.47. The molecule has 0 radical (unpaired) electrons. The summed E-state index contributed by atoms with van der Waals surface area (Å²) in [7, 11) is 0. The van der Waals surface area contributed by atoms with Crippen molar-refractivity contribution in [1.82, 2.24) is 0 Å². The van der Waals surface area contributed by atoms with Gasteiger partial charge >= 0.3 is 0 Å². The summed E-state index contributed by atoms with van der Waals surface area (Å²) in [5.41, 5.74) is 2.43. The molecule has 0 aliphatic heterocycles. The van der Waals surface area contributed by atoms with Crippen molar-refractivity contribution in [2.24, 2.45) is 5.92 Å². The van der Waals surface area contributed by atoms with Crippen molar-refractivity contribution in [2.75, 3.05) is 0 Å². The first-order valence-corrected chi connectivity index (χ1v) is 6.14. The largest absolute Gasteiger partial charge is 0.294 e. The third-order valence-electron chi connectivity index (χ3n) is 3.71. The molecule has 0 bridgehead atoms. The zero-order valence-electron chi connectivity index (χ0n) is 9.36. The molecule has 82 valence electrons. The van der Waals surface area contributed by atoms with Gasteiger partial charge in [-0.15, -0.1) is 0 Å². The highest BCUT2D eigenvalue weighted by molar-refractivity contribution is 6.00. The van der Waals surface area contributed by atoms with E-state index in [2.05, 4.69) is 30.3 Å². The standard InChI is InChI=1S/C15H16O/c16-15(12-8-4-5-9-12)14-10-13(14)11-6-2-1-3-7-11/h1-3,6-8,13-14H,4-5,9-10H2. The molecular formula is C15H16O. The maximum absolute atomic E-state index is 12.1. The molecule has 3 rings (SSSR count). The Bertz CT molecular complexity index is 430. The van der Waals surface area contributed by atoms with E-state index in [9.17, 15) is 4.79 Å². The van der Waals surface area contributed by atoms with Gasteiger partial charge in [-0.1, -0.05) is 36.4 Å². The second-order valence-electron chi connectivity index (χ2n) is 4.85. The average Bonchev–Trinajstić information content (AvgIpc) is 2.95. The molecular weight excluding hydrogens is 196 g/mol. The molecule has 0 spiro atoms. The van der Waals surface area contributed by atoms with Gasteiger partial charge in [0.1, 0.15) is 0 Å². The van der Waals surface area contributed by atoms with Crippen molar-refractivity contribution in [1.29, 1.82) is 0 Å². The molecule has 2 atom stereocenters. The van der Waals surface area contributed by atoms with Gasteiger partial charge in [-0.25, -0.2) is 0 Å². The SMILES string of the molecule is O=C(C1=CCCC1)C1CC1c1ccccc1. The van der Waals surface area contributed by atoms with E-state index in [1.807, 2.05) is 6.07 Å². The van der Waals surface area contributed by atoms with E-state index >= 15 is 0 Å². The number of rotatable bonds is 3. The first-order valence-electron chi connectivity index (χ1n) is 6.14. The van der Waals surface area contributed by atoms with Crippen molar-refractivity contribution >= 4 is 5.78 Å². The fourth-order valence-corrected chi connectivity index (χ4v) is 2.69. The summed E-state index contributed by atoms with van der Waals surface area (Å²) in [4.78, 5) is 12.1. The first-order chi connectivity index (χ1) is 7.86. The Kier molecular flexibility index (Phi) is 2.39. The molecule has 16 heavy (non-hydrogen) atoms.